The van der Waals surface area contributed by atoms with Gasteiger partial charge in [-0.1, -0.05) is 19.8 Å². The Balaban J connectivity index is 1.90. The summed E-state index contributed by atoms with van der Waals surface area (Å²) in [5, 5.41) is 0. The fourth-order valence-corrected chi connectivity index (χ4v) is 4.77. The number of hydrogen-bond donors (Lipinski definition) is 1. The Morgan fingerprint density at radius 2 is 1.84 bits per heavy atom. The van der Waals surface area contributed by atoms with E-state index < -0.39 is 10.2 Å². The molecule has 1 aliphatic carbocycles. The van der Waals surface area contributed by atoms with Crippen LogP contribution in [0.25, 0.3) is 0 Å². The van der Waals surface area contributed by atoms with Crippen molar-refractivity contribution in [1.29, 1.82) is 0 Å². The highest BCUT2D eigenvalue weighted by atomic mass is 35.5. The van der Waals surface area contributed by atoms with E-state index in [-0.39, 0.29) is 5.41 Å². The summed E-state index contributed by atoms with van der Waals surface area (Å²) in [6.45, 7) is 3.96. The second-order valence-corrected chi connectivity index (χ2v) is 8.27. The van der Waals surface area contributed by atoms with Gasteiger partial charge in [-0.2, -0.15) is 12.7 Å². The first-order valence-electron chi connectivity index (χ1n) is 7.28. The van der Waals surface area contributed by atoms with Crippen molar-refractivity contribution in [2.45, 2.75) is 45.4 Å². The van der Waals surface area contributed by atoms with E-state index in [0.717, 1.165) is 38.5 Å². The zero-order valence-electron chi connectivity index (χ0n) is 11.7. The van der Waals surface area contributed by atoms with Crippen LogP contribution in [0.5, 0.6) is 0 Å². The van der Waals surface area contributed by atoms with Gasteiger partial charge in [-0.25, -0.2) is 4.72 Å². The minimum absolute atomic E-state index is 0.0162. The normalized spacial score (nSPS) is 25.8. The van der Waals surface area contributed by atoms with Crippen molar-refractivity contribution in [3.8, 4) is 0 Å². The molecule has 0 bridgehead atoms. The zero-order valence-corrected chi connectivity index (χ0v) is 13.3. The molecule has 2 fully saturated rings. The number of alkyl halides is 1. The molecule has 0 unspecified atom stereocenters. The predicted octanol–water partition coefficient (Wildman–Crippen LogP) is 2.35. The molecular formula is C13H25ClN2O2S. The monoisotopic (exact) mass is 308 g/mol. The third-order valence-corrected chi connectivity index (χ3v) is 6.78. The first-order valence-corrected chi connectivity index (χ1v) is 9.26. The minimum Gasteiger partial charge on any atom is -0.202 e. The van der Waals surface area contributed by atoms with Crippen molar-refractivity contribution in [3.05, 3.63) is 0 Å². The number of nitrogens with one attached hydrogen (secondary N) is 1. The lowest BCUT2D eigenvalue weighted by atomic mass is 9.89. The van der Waals surface area contributed by atoms with Crippen molar-refractivity contribution in [2.24, 2.45) is 11.3 Å². The Bertz CT molecular complexity index is 385. The van der Waals surface area contributed by atoms with Crippen molar-refractivity contribution in [3.63, 3.8) is 0 Å². The molecule has 0 aromatic heterocycles. The van der Waals surface area contributed by atoms with Crippen molar-refractivity contribution < 1.29 is 8.42 Å². The van der Waals surface area contributed by atoms with E-state index in [9.17, 15) is 8.42 Å². The molecule has 0 atom stereocenters. The van der Waals surface area contributed by atoms with Gasteiger partial charge in [0.15, 0.2) is 0 Å². The molecule has 0 radical (unpaired) electrons. The Morgan fingerprint density at radius 1 is 1.26 bits per heavy atom. The van der Waals surface area contributed by atoms with Crippen LogP contribution in [0.2, 0.25) is 0 Å². The van der Waals surface area contributed by atoms with Gasteiger partial charge in [-0.3, -0.25) is 0 Å². The van der Waals surface area contributed by atoms with Crippen molar-refractivity contribution >= 4 is 21.8 Å². The van der Waals surface area contributed by atoms with Gasteiger partial charge in [0.05, 0.1) is 0 Å². The smallest absolute Gasteiger partial charge is 0.202 e. The average Bonchev–Trinajstić information content (AvgIpc) is 2.87. The summed E-state index contributed by atoms with van der Waals surface area (Å²) in [5.74, 6) is 1.18. The van der Waals surface area contributed by atoms with Gasteiger partial charge in [-0.05, 0) is 37.0 Å². The van der Waals surface area contributed by atoms with Crippen LogP contribution in [0.3, 0.4) is 0 Å². The number of nitrogens with zero attached hydrogens (tertiary/aromatic N) is 1. The predicted molar refractivity (Wildman–Crippen MR) is 78.5 cm³/mol. The Labute approximate surface area is 122 Å². The standard InChI is InChI=1S/C13H25ClN2O2S/c1-12-4-8-16(9-5-12)19(17,18)15-11-13(10-14)6-2-3-7-13/h12,15H,2-11H2,1H3. The highest BCUT2D eigenvalue weighted by Crippen LogP contribution is 2.38. The quantitative estimate of drug-likeness (QED) is 0.793. The van der Waals surface area contributed by atoms with E-state index in [0.29, 0.717) is 31.4 Å². The second kappa shape index (κ2) is 6.29. The SMILES string of the molecule is CC1CCN(S(=O)(=O)NCC2(CCl)CCCC2)CC1. The summed E-state index contributed by atoms with van der Waals surface area (Å²) in [5.41, 5.74) is -0.0162. The number of halogens is 1. The van der Waals surface area contributed by atoms with Crippen LogP contribution in [-0.4, -0.2) is 38.2 Å². The summed E-state index contributed by atoms with van der Waals surface area (Å²) in [6.07, 6.45) is 6.32. The maximum atomic E-state index is 12.3. The molecule has 0 aromatic rings. The van der Waals surface area contributed by atoms with Crippen LogP contribution in [0.4, 0.5) is 0 Å². The molecule has 112 valence electrons. The maximum Gasteiger partial charge on any atom is 0.279 e. The van der Waals surface area contributed by atoms with Crippen LogP contribution in [0.15, 0.2) is 0 Å². The third kappa shape index (κ3) is 3.84. The fraction of sp³-hybridized carbons (Fsp3) is 1.00. The van der Waals surface area contributed by atoms with E-state index in [2.05, 4.69) is 11.6 Å². The van der Waals surface area contributed by atoms with Gasteiger partial charge in [-0.15, -0.1) is 11.6 Å². The van der Waals surface area contributed by atoms with Crippen molar-refractivity contribution in [2.75, 3.05) is 25.5 Å². The van der Waals surface area contributed by atoms with Crippen LogP contribution in [0.1, 0.15) is 45.4 Å². The lowest BCUT2D eigenvalue weighted by molar-refractivity contribution is 0.279. The average molecular weight is 309 g/mol. The summed E-state index contributed by atoms with van der Waals surface area (Å²) in [6, 6.07) is 0. The molecule has 1 saturated carbocycles. The van der Waals surface area contributed by atoms with Crippen molar-refractivity contribution in [1.82, 2.24) is 9.03 Å². The third-order valence-electron chi connectivity index (χ3n) is 4.66. The molecule has 2 aliphatic rings. The largest absolute Gasteiger partial charge is 0.279 e. The van der Waals surface area contributed by atoms with Crippen LogP contribution < -0.4 is 4.72 Å². The molecule has 0 amide bonds. The zero-order chi connectivity index (χ0) is 13.9. The highest BCUT2D eigenvalue weighted by molar-refractivity contribution is 7.87. The topological polar surface area (TPSA) is 49.4 Å². The second-order valence-electron chi connectivity index (χ2n) is 6.25. The van der Waals surface area contributed by atoms with Crippen LogP contribution in [0, 0.1) is 11.3 Å². The number of piperidine rings is 1. The van der Waals surface area contributed by atoms with E-state index >= 15 is 0 Å². The van der Waals surface area contributed by atoms with E-state index in [1.54, 1.807) is 4.31 Å². The summed E-state index contributed by atoms with van der Waals surface area (Å²) in [7, 11) is -3.32. The van der Waals surface area contributed by atoms with E-state index in [4.69, 9.17) is 11.6 Å². The molecule has 1 aliphatic heterocycles. The maximum absolute atomic E-state index is 12.3. The first-order chi connectivity index (χ1) is 8.97. The highest BCUT2D eigenvalue weighted by Gasteiger charge is 2.35. The Kier molecular flexibility index (Phi) is 5.15. The van der Waals surface area contributed by atoms with Gasteiger partial charge < -0.3 is 0 Å². The van der Waals surface area contributed by atoms with Gasteiger partial charge in [0, 0.05) is 25.5 Å². The number of rotatable bonds is 5. The molecule has 19 heavy (non-hydrogen) atoms. The summed E-state index contributed by atoms with van der Waals surface area (Å²) in [4.78, 5) is 0. The fourth-order valence-electron chi connectivity index (χ4n) is 3.04. The molecule has 1 heterocycles. The van der Waals surface area contributed by atoms with Gasteiger partial charge in [0.1, 0.15) is 0 Å². The van der Waals surface area contributed by atoms with Crippen LogP contribution >= 0.6 is 11.6 Å². The van der Waals surface area contributed by atoms with Gasteiger partial charge in [0.25, 0.3) is 10.2 Å². The first kappa shape index (κ1) is 15.5. The molecule has 6 heteroatoms. The lowest BCUT2D eigenvalue weighted by Gasteiger charge is -2.32. The molecule has 1 saturated heterocycles. The summed E-state index contributed by atoms with van der Waals surface area (Å²) >= 11 is 6.05. The van der Waals surface area contributed by atoms with E-state index in [1.165, 1.54) is 0 Å². The minimum atomic E-state index is -3.32. The summed E-state index contributed by atoms with van der Waals surface area (Å²) < 4.78 is 28.9. The number of hydrogen-bond acceptors (Lipinski definition) is 2. The molecule has 2 rings (SSSR count). The lowest BCUT2D eigenvalue weighted by Crippen LogP contribution is -2.47. The van der Waals surface area contributed by atoms with E-state index in [1.807, 2.05) is 0 Å². The molecular weight excluding hydrogens is 284 g/mol. The molecule has 4 nitrogen and oxygen atoms in total. The molecule has 0 aromatic carbocycles. The van der Waals surface area contributed by atoms with Crippen LogP contribution in [-0.2, 0) is 10.2 Å². The van der Waals surface area contributed by atoms with Gasteiger partial charge in [0.2, 0.25) is 0 Å². The molecule has 0 spiro atoms. The Morgan fingerprint density at radius 3 is 2.37 bits per heavy atom. The van der Waals surface area contributed by atoms with Gasteiger partial charge >= 0.3 is 0 Å². The Hall–Kier alpha value is 0.160. The molecule has 1 N–H and O–H groups in total.